The highest BCUT2D eigenvalue weighted by molar-refractivity contribution is 6.05. The molecule has 6 heteroatoms. The molecule has 1 aromatic carbocycles. The van der Waals surface area contributed by atoms with Gasteiger partial charge in [0.1, 0.15) is 5.75 Å². The summed E-state index contributed by atoms with van der Waals surface area (Å²) in [4.78, 5) is 31.2. The molecule has 1 aromatic rings. The predicted octanol–water partition coefficient (Wildman–Crippen LogP) is 1.73. The summed E-state index contributed by atoms with van der Waals surface area (Å²) in [5.74, 6) is 0.625. The molecule has 0 saturated carbocycles. The lowest BCUT2D eigenvalue weighted by molar-refractivity contribution is -0.142. The van der Waals surface area contributed by atoms with Gasteiger partial charge >= 0.3 is 0 Å². The minimum atomic E-state index is -0.137. The number of carbonyl (C=O) groups excluding carboxylic acids is 2. The fraction of sp³-hybridized carbons (Fsp3) is 0.500. The smallest absolute Gasteiger partial charge is 0.234 e. The number of hydrogen-bond acceptors (Lipinski definition) is 5. The molecule has 26 heavy (non-hydrogen) atoms. The van der Waals surface area contributed by atoms with E-state index in [1.54, 1.807) is 7.11 Å². The van der Waals surface area contributed by atoms with Crippen molar-refractivity contribution in [3.63, 3.8) is 0 Å². The van der Waals surface area contributed by atoms with E-state index in [1.807, 2.05) is 30.4 Å². The number of methoxy groups -OCH3 is 1. The number of imide groups is 1. The van der Waals surface area contributed by atoms with Crippen LogP contribution in [0.25, 0.3) is 0 Å². The number of rotatable bonds is 4. The summed E-state index contributed by atoms with van der Waals surface area (Å²) in [6.07, 6.45) is 5.46. The fourth-order valence-electron chi connectivity index (χ4n) is 4.23. The molecule has 0 radical (unpaired) electrons. The van der Waals surface area contributed by atoms with E-state index in [2.05, 4.69) is 15.9 Å². The lowest BCUT2D eigenvalue weighted by Crippen LogP contribution is -2.51. The number of anilines is 1. The van der Waals surface area contributed by atoms with E-state index in [4.69, 9.17) is 4.74 Å². The summed E-state index contributed by atoms with van der Waals surface area (Å²) < 4.78 is 5.46. The molecule has 1 aliphatic carbocycles. The third-order valence-corrected chi connectivity index (χ3v) is 5.74. The van der Waals surface area contributed by atoms with Crippen LogP contribution in [0.5, 0.6) is 5.75 Å². The van der Waals surface area contributed by atoms with E-state index in [9.17, 15) is 9.59 Å². The maximum atomic E-state index is 12.6. The van der Waals surface area contributed by atoms with Crippen LogP contribution in [-0.2, 0) is 9.59 Å². The lowest BCUT2D eigenvalue weighted by atomic mass is 9.85. The van der Waals surface area contributed by atoms with Gasteiger partial charge in [-0.25, -0.2) is 0 Å². The molecule has 0 N–H and O–H groups in total. The van der Waals surface area contributed by atoms with Crippen LogP contribution in [0.1, 0.15) is 12.8 Å². The largest absolute Gasteiger partial charge is 0.495 e. The number of hydrogen-bond donors (Lipinski definition) is 0. The SMILES string of the molecule is COc1ccccc1N1CCN(CN2C(=O)C3CC=CCC3C2=O)CC1. The van der Waals surface area contributed by atoms with E-state index >= 15 is 0 Å². The number of likely N-dealkylation sites (tertiary alicyclic amines) is 1. The molecule has 0 spiro atoms. The van der Waals surface area contributed by atoms with E-state index in [-0.39, 0.29) is 23.7 Å². The van der Waals surface area contributed by atoms with Crippen molar-refractivity contribution in [2.45, 2.75) is 12.8 Å². The number of carbonyl (C=O) groups is 2. The van der Waals surface area contributed by atoms with Gasteiger partial charge in [-0.05, 0) is 25.0 Å². The van der Waals surface area contributed by atoms with Crippen LogP contribution in [0.15, 0.2) is 36.4 Å². The first kappa shape index (κ1) is 17.1. The van der Waals surface area contributed by atoms with Gasteiger partial charge < -0.3 is 9.64 Å². The minimum absolute atomic E-state index is 0.0107. The Morgan fingerprint density at radius 1 is 0.962 bits per heavy atom. The third-order valence-electron chi connectivity index (χ3n) is 5.74. The molecule has 0 bridgehead atoms. The van der Waals surface area contributed by atoms with Crippen molar-refractivity contribution in [1.82, 2.24) is 9.80 Å². The monoisotopic (exact) mass is 355 g/mol. The van der Waals surface area contributed by atoms with Gasteiger partial charge in [0, 0.05) is 26.2 Å². The molecule has 3 aliphatic rings. The Bertz CT molecular complexity index is 699. The molecule has 2 unspecified atom stereocenters. The first-order valence-corrected chi connectivity index (χ1v) is 9.29. The van der Waals surface area contributed by atoms with Crippen LogP contribution in [-0.4, -0.2) is 61.6 Å². The number of amides is 2. The third kappa shape index (κ3) is 2.98. The molecule has 0 aromatic heterocycles. The average Bonchev–Trinajstić information content (AvgIpc) is 2.94. The number of para-hydroxylation sites is 2. The van der Waals surface area contributed by atoms with Crippen molar-refractivity contribution >= 4 is 17.5 Å². The Balaban J connectivity index is 1.37. The highest BCUT2D eigenvalue weighted by Crippen LogP contribution is 2.35. The van der Waals surface area contributed by atoms with E-state index in [0.29, 0.717) is 19.5 Å². The van der Waals surface area contributed by atoms with Crippen molar-refractivity contribution in [3.8, 4) is 5.75 Å². The van der Waals surface area contributed by atoms with Crippen molar-refractivity contribution < 1.29 is 14.3 Å². The number of ether oxygens (including phenoxy) is 1. The Hall–Kier alpha value is -2.34. The summed E-state index contributed by atoms with van der Waals surface area (Å²) >= 11 is 0. The molecule has 2 atom stereocenters. The number of fused-ring (bicyclic) bond motifs is 1. The Morgan fingerprint density at radius 3 is 2.19 bits per heavy atom. The predicted molar refractivity (Wildman–Crippen MR) is 98.9 cm³/mol. The zero-order chi connectivity index (χ0) is 18.1. The van der Waals surface area contributed by atoms with E-state index in [0.717, 1.165) is 37.6 Å². The van der Waals surface area contributed by atoms with Gasteiger partial charge in [-0.2, -0.15) is 0 Å². The number of piperazine rings is 1. The van der Waals surface area contributed by atoms with E-state index in [1.165, 1.54) is 4.90 Å². The molecule has 138 valence electrons. The van der Waals surface area contributed by atoms with Crippen LogP contribution in [0, 0.1) is 11.8 Å². The highest BCUT2D eigenvalue weighted by atomic mass is 16.5. The molecule has 6 nitrogen and oxygen atoms in total. The normalized spacial score (nSPS) is 26.3. The Kier molecular flexibility index (Phi) is 4.68. The molecular weight excluding hydrogens is 330 g/mol. The van der Waals surface area contributed by atoms with Crippen LogP contribution < -0.4 is 9.64 Å². The Labute approximate surface area is 154 Å². The fourth-order valence-corrected chi connectivity index (χ4v) is 4.23. The summed E-state index contributed by atoms with van der Waals surface area (Å²) in [5, 5.41) is 0. The second-order valence-corrected chi connectivity index (χ2v) is 7.18. The molecule has 2 aliphatic heterocycles. The zero-order valence-electron chi connectivity index (χ0n) is 15.1. The average molecular weight is 355 g/mol. The first-order chi connectivity index (χ1) is 12.7. The van der Waals surface area contributed by atoms with Crippen molar-refractivity contribution in [3.05, 3.63) is 36.4 Å². The first-order valence-electron chi connectivity index (χ1n) is 9.29. The van der Waals surface area contributed by atoms with Crippen LogP contribution in [0.2, 0.25) is 0 Å². The topological polar surface area (TPSA) is 53.1 Å². The minimum Gasteiger partial charge on any atom is -0.495 e. The van der Waals surface area contributed by atoms with Crippen LogP contribution in [0.4, 0.5) is 5.69 Å². The van der Waals surface area contributed by atoms with Crippen LogP contribution >= 0.6 is 0 Å². The number of allylic oxidation sites excluding steroid dienone is 2. The lowest BCUT2D eigenvalue weighted by Gasteiger charge is -2.37. The van der Waals surface area contributed by atoms with E-state index < -0.39 is 0 Å². The maximum absolute atomic E-state index is 12.6. The molecule has 2 saturated heterocycles. The molecule has 2 fully saturated rings. The number of benzene rings is 1. The molecule has 2 amide bonds. The second kappa shape index (κ2) is 7.11. The Morgan fingerprint density at radius 2 is 1.58 bits per heavy atom. The quantitative estimate of drug-likeness (QED) is 0.608. The standard InChI is InChI=1S/C20H25N3O3/c1-26-18-9-5-4-8-17(18)22-12-10-21(11-13-22)14-23-19(24)15-6-2-3-7-16(15)20(23)25/h2-5,8-9,15-16H,6-7,10-14H2,1H3. The number of nitrogens with zero attached hydrogens (tertiary/aromatic N) is 3. The van der Waals surface area contributed by atoms with Gasteiger partial charge in [-0.3, -0.25) is 19.4 Å². The zero-order valence-corrected chi connectivity index (χ0v) is 15.1. The summed E-state index contributed by atoms with van der Waals surface area (Å²) in [7, 11) is 1.69. The summed E-state index contributed by atoms with van der Waals surface area (Å²) in [5.41, 5.74) is 1.10. The van der Waals surface area contributed by atoms with Crippen LogP contribution in [0.3, 0.4) is 0 Å². The van der Waals surface area contributed by atoms with Gasteiger partial charge in [-0.15, -0.1) is 0 Å². The molecule has 4 rings (SSSR count). The highest BCUT2D eigenvalue weighted by Gasteiger charge is 2.47. The van der Waals surface area contributed by atoms with Gasteiger partial charge in [0.15, 0.2) is 0 Å². The van der Waals surface area contributed by atoms with Crippen molar-refractivity contribution in [1.29, 1.82) is 0 Å². The van der Waals surface area contributed by atoms with Gasteiger partial charge in [0.2, 0.25) is 11.8 Å². The van der Waals surface area contributed by atoms with Gasteiger partial charge in [0.05, 0.1) is 31.3 Å². The van der Waals surface area contributed by atoms with Crippen molar-refractivity contribution in [2.24, 2.45) is 11.8 Å². The summed E-state index contributed by atoms with van der Waals surface area (Å²) in [6.45, 7) is 3.77. The maximum Gasteiger partial charge on any atom is 0.234 e. The summed E-state index contributed by atoms with van der Waals surface area (Å²) in [6, 6.07) is 8.03. The molecular formula is C20H25N3O3. The van der Waals surface area contributed by atoms with Gasteiger partial charge in [0.25, 0.3) is 0 Å². The van der Waals surface area contributed by atoms with Crippen molar-refractivity contribution in [2.75, 3.05) is 44.9 Å². The second-order valence-electron chi connectivity index (χ2n) is 7.18. The molecule has 2 heterocycles. The van der Waals surface area contributed by atoms with Gasteiger partial charge in [-0.1, -0.05) is 24.3 Å².